The zero-order valence-electron chi connectivity index (χ0n) is 17.4. The highest BCUT2D eigenvalue weighted by Crippen LogP contribution is 2.26. The molecule has 0 radical (unpaired) electrons. The maximum atomic E-state index is 13.0. The summed E-state index contributed by atoms with van der Waals surface area (Å²) in [5, 5.41) is 1.00. The summed E-state index contributed by atoms with van der Waals surface area (Å²) in [4.78, 5) is 32.9. The second kappa shape index (κ2) is 8.47. The van der Waals surface area contributed by atoms with Crippen molar-refractivity contribution in [2.24, 2.45) is 11.8 Å². The summed E-state index contributed by atoms with van der Waals surface area (Å²) in [7, 11) is 0. The molecule has 0 unspecified atom stereocenters. The van der Waals surface area contributed by atoms with Crippen LogP contribution in [-0.4, -0.2) is 59.4 Å². The van der Waals surface area contributed by atoms with Crippen LogP contribution in [0.5, 0.6) is 5.75 Å². The van der Waals surface area contributed by atoms with Crippen molar-refractivity contribution in [3.8, 4) is 5.75 Å². The Morgan fingerprint density at radius 3 is 2.41 bits per heavy atom. The van der Waals surface area contributed by atoms with Crippen LogP contribution in [0.25, 0.3) is 10.9 Å². The molecule has 2 fully saturated rings. The molecule has 0 aliphatic carbocycles. The fourth-order valence-corrected chi connectivity index (χ4v) is 4.46. The molecule has 6 heteroatoms. The van der Waals surface area contributed by atoms with E-state index in [1.807, 2.05) is 41.0 Å². The number of hydrogen-bond acceptors (Lipinski definition) is 3. The van der Waals surface area contributed by atoms with Gasteiger partial charge in [-0.05, 0) is 56.7 Å². The topological polar surface area (TPSA) is 65.6 Å². The molecule has 2 saturated heterocycles. The van der Waals surface area contributed by atoms with Gasteiger partial charge in [-0.3, -0.25) is 9.59 Å². The molecule has 2 aliphatic rings. The Morgan fingerprint density at radius 2 is 1.72 bits per heavy atom. The van der Waals surface area contributed by atoms with Crippen molar-refractivity contribution in [3.05, 3.63) is 30.0 Å². The van der Waals surface area contributed by atoms with Gasteiger partial charge in [-0.25, -0.2) is 0 Å². The first kappa shape index (κ1) is 19.8. The Labute approximate surface area is 172 Å². The summed E-state index contributed by atoms with van der Waals surface area (Å²) in [6.07, 6.45) is 3.72. The molecule has 2 aliphatic heterocycles. The fourth-order valence-electron chi connectivity index (χ4n) is 4.46. The molecule has 0 atom stereocenters. The number of aromatic nitrogens is 1. The number of likely N-dealkylation sites (tertiary alicyclic amines) is 2. The highest BCUT2D eigenvalue weighted by molar-refractivity contribution is 5.98. The molecule has 29 heavy (non-hydrogen) atoms. The van der Waals surface area contributed by atoms with Crippen molar-refractivity contribution >= 4 is 22.7 Å². The molecule has 3 heterocycles. The van der Waals surface area contributed by atoms with Gasteiger partial charge in [0.2, 0.25) is 5.91 Å². The van der Waals surface area contributed by atoms with Crippen molar-refractivity contribution in [2.45, 2.75) is 39.5 Å². The fraction of sp³-hybridized carbons (Fsp3) is 0.565. The number of rotatable bonds is 4. The average molecular weight is 398 g/mol. The van der Waals surface area contributed by atoms with Crippen molar-refractivity contribution in [1.29, 1.82) is 0 Å². The number of ether oxygens (including phenoxy) is 1. The standard InChI is InChI=1S/C23H31N3O3/c1-3-29-19-5-4-18-14-21(24-20(18)15-19)23(28)26-12-8-17(9-13-26)22(27)25-10-6-16(2)7-11-25/h4-5,14-17,24H,3,6-13H2,1-2H3. The van der Waals surface area contributed by atoms with E-state index in [9.17, 15) is 9.59 Å². The Morgan fingerprint density at radius 1 is 1.03 bits per heavy atom. The summed E-state index contributed by atoms with van der Waals surface area (Å²) in [5.41, 5.74) is 1.51. The summed E-state index contributed by atoms with van der Waals surface area (Å²) < 4.78 is 5.54. The number of aromatic amines is 1. The van der Waals surface area contributed by atoms with Gasteiger partial charge in [0, 0.05) is 49.1 Å². The summed E-state index contributed by atoms with van der Waals surface area (Å²) in [5.74, 6) is 1.88. The predicted molar refractivity (Wildman–Crippen MR) is 113 cm³/mol. The van der Waals surface area contributed by atoms with Gasteiger partial charge in [0.1, 0.15) is 11.4 Å². The van der Waals surface area contributed by atoms with Crippen LogP contribution in [0.15, 0.2) is 24.3 Å². The minimum atomic E-state index is 0.0110. The number of nitrogens with zero attached hydrogens (tertiary/aromatic N) is 2. The predicted octanol–water partition coefficient (Wildman–Crippen LogP) is 3.68. The highest BCUT2D eigenvalue weighted by Gasteiger charge is 2.32. The maximum absolute atomic E-state index is 13.0. The molecule has 6 nitrogen and oxygen atoms in total. The van der Waals surface area contributed by atoms with Gasteiger partial charge in [0.05, 0.1) is 6.61 Å². The second-order valence-corrected chi connectivity index (χ2v) is 8.44. The van der Waals surface area contributed by atoms with Gasteiger partial charge in [-0.1, -0.05) is 6.92 Å². The first-order valence-corrected chi connectivity index (χ1v) is 10.9. The molecule has 0 bridgehead atoms. The zero-order chi connectivity index (χ0) is 20.4. The minimum Gasteiger partial charge on any atom is -0.494 e. The quantitative estimate of drug-likeness (QED) is 0.856. The van der Waals surface area contributed by atoms with Crippen molar-refractivity contribution < 1.29 is 14.3 Å². The maximum Gasteiger partial charge on any atom is 0.270 e. The Balaban J connectivity index is 1.36. The summed E-state index contributed by atoms with van der Waals surface area (Å²) in [6.45, 7) is 7.87. The molecule has 1 N–H and O–H groups in total. The van der Waals surface area contributed by atoms with Crippen LogP contribution >= 0.6 is 0 Å². The van der Waals surface area contributed by atoms with E-state index in [1.165, 1.54) is 0 Å². The van der Waals surface area contributed by atoms with E-state index >= 15 is 0 Å². The number of benzene rings is 1. The number of carbonyl (C=O) groups is 2. The van der Waals surface area contributed by atoms with Gasteiger partial charge < -0.3 is 19.5 Å². The van der Waals surface area contributed by atoms with Crippen LogP contribution < -0.4 is 4.74 Å². The number of nitrogens with one attached hydrogen (secondary N) is 1. The third kappa shape index (κ3) is 4.26. The number of hydrogen-bond donors (Lipinski definition) is 1. The summed E-state index contributed by atoms with van der Waals surface area (Å²) in [6, 6.07) is 7.73. The van der Waals surface area contributed by atoms with E-state index in [0.29, 0.717) is 25.4 Å². The van der Waals surface area contributed by atoms with Crippen LogP contribution in [0.2, 0.25) is 0 Å². The normalized spacial score (nSPS) is 19.0. The molecule has 2 amide bonds. The van der Waals surface area contributed by atoms with Gasteiger partial charge >= 0.3 is 0 Å². The van der Waals surface area contributed by atoms with Crippen LogP contribution in [0.3, 0.4) is 0 Å². The lowest BCUT2D eigenvalue weighted by molar-refractivity contribution is -0.138. The smallest absolute Gasteiger partial charge is 0.270 e. The SMILES string of the molecule is CCOc1ccc2cc(C(=O)N3CCC(C(=O)N4CCC(C)CC4)CC3)[nH]c2c1. The number of piperidine rings is 2. The molecule has 1 aromatic heterocycles. The number of carbonyl (C=O) groups excluding carboxylic acids is 2. The number of amides is 2. The Kier molecular flexibility index (Phi) is 5.79. The highest BCUT2D eigenvalue weighted by atomic mass is 16.5. The van der Waals surface area contributed by atoms with E-state index in [2.05, 4.69) is 11.9 Å². The summed E-state index contributed by atoms with van der Waals surface area (Å²) >= 11 is 0. The molecule has 4 rings (SSSR count). The molecular formula is C23H31N3O3. The van der Waals surface area contributed by atoms with Crippen LogP contribution in [0.4, 0.5) is 0 Å². The van der Waals surface area contributed by atoms with E-state index in [-0.39, 0.29) is 17.7 Å². The monoisotopic (exact) mass is 397 g/mol. The van der Waals surface area contributed by atoms with Gasteiger partial charge in [0.15, 0.2) is 0 Å². The van der Waals surface area contributed by atoms with Crippen LogP contribution in [0, 0.1) is 11.8 Å². The molecule has 0 spiro atoms. The van der Waals surface area contributed by atoms with Crippen molar-refractivity contribution in [2.75, 3.05) is 32.8 Å². The lowest BCUT2D eigenvalue weighted by Crippen LogP contribution is -2.46. The van der Waals surface area contributed by atoms with Crippen molar-refractivity contribution in [3.63, 3.8) is 0 Å². The van der Waals surface area contributed by atoms with E-state index in [4.69, 9.17) is 4.74 Å². The Hall–Kier alpha value is -2.50. The van der Waals surface area contributed by atoms with Gasteiger partial charge in [0.25, 0.3) is 5.91 Å². The molecule has 156 valence electrons. The second-order valence-electron chi connectivity index (χ2n) is 8.44. The van der Waals surface area contributed by atoms with Crippen LogP contribution in [0.1, 0.15) is 50.0 Å². The van der Waals surface area contributed by atoms with Crippen molar-refractivity contribution in [1.82, 2.24) is 14.8 Å². The Bertz CT molecular complexity index is 875. The van der Waals surface area contributed by atoms with E-state index < -0.39 is 0 Å². The van der Waals surface area contributed by atoms with Gasteiger partial charge in [-0.15, -0.1) is 0 Å². The number of H-pyrrole nitrogens is 1. The molecule has 2 aromatic rings. The minimum absolute atomic E-state index is 0.0110. The third-order valence-electron chi connectivity index (χ3n) is 6.36. The lowest BCUT2D eigenvalue weighted by atomic mass is 9.92. The largest absolute Gasteiger partial charge is 0.494 e. The first-order valence-electron chi connectivity index (χ1n) is 10.9. The third-order valence-corrected chi connectivity index (χ3v) is 6.36. The van der Waals surface area contributed by atoms with Gasteiger partial charge in [-0.2, -0.15) is 0 Å². The lowest BCUT2D eigenvalue weighted by Gasteiger charge is -2.36. The van der Waals surface area contributed by atoms with E-state index in [0.717, 1.165) is 61.3 Å². The zero-order valence-corrected chi connectivity index (χ0v) is 17.4. The molecule has 0 saturated carbocycles. The average Bonchev–Trinajstić information content (AvgIpc) is 3.17. The van der Waals surface area contributed by atoms with E-state index in [1.54, 1.807) is 0 Å². The molecular weight excluding hydrogens is 366 g/mol. The number of fused-ring (bicyclic) bond motifs is 1. The van der Waals surface area contributed by atoms with Crippen LogP contribution in [-0.2, 0) is 4.79 Å². The molecule has 1 aromatic carbocycles. The first-order chi connectivity index (χ1) is 14.0.